The molecule has 4 heteroatoms. The Morgan fingerprint density at radius 3 is 3.21 bits per heavy atom. The molecule has 0 spiro atoms. The van der Waals surface area contributed by atoms with E-state index in [0.717, 1.165) is 23.5 Å². The number of aliphatic hydroxyl groups is 1. The number of aliphatic hydroxyl groups excluding tert-OH is 1. The molecule has 1 fully saturated rings. The zero-order valence-corrected chi connectivity index (χ0v) is 9.09. The number of hydrogen-bond donors (Lipinski definition) is 1. The number of rotatable bonds is 2. The van der Waals surface area contributed by atoms with Crippen molar-refractivity contribution in [3.63, 3.8) is 0 Å². The zero-order chi connectivity index (χ0) is 9.97. The molecule has 14 heavy (non-hydrogen) atoms. The van der Waals surface area contributed by atoms with Gasteiger partial charge in [-0.1, -0.05) is 0 Å². The van der Waals surface area contributed by atoms with Crippen molar-refractivity contribution >= 4 is 11.3 Å². The summed E-state index contributed by atoms with van der Waals surface area (Å²) in [5, 5.41) is 12.9. The van der Waals surface area contributed by atoms with Gasteiger partial charge in [0.1, 0.15) is 0 Å². The lowest BCUT2D eigenvalue weighted by molar-refractivity contribution is -0.0353. The van der Waals surface area contributed by atoms with Gasteiger partial charge in [0.25, 0.3) is 0 Å². The van der Waals surface area contributed by atoms with Gasteiger partial charge in [0.15, 0.2) is 0 Å². The van der Waals surface area contributed by atoms with Crippen molar-refractivity contribution in [1.29, 1.82) is 0 Å². The summed E-state index contributed by atoms with van der Waals surface area (Å²) in [7, 11) is 0. The molecular formula is C10H15NO2S. The topological polar surface area (TPSA) is 42.4 Å². The molecule has 2 rings (SSSR count). The Morgan fingerprint density at radius 1 is 1.71 bits per heavy atom. The first kappa shape index (κ1) is 10.1. The Kier molecular flexibility index (Phi) is 3.15. The Labute approximate surface area is 87.7 Å². The second kappa shape index (κ2) is 4.38. The quantitative estimate of drug-likeness (QED) is 0.807. The highest BCUT2D eigenvalue weighted by Gasteiger charge is 2.24. The predicted octanol–water partition coefficient (Wildman–Crippen LogP) is 1.39. The minimum absolute atomic E-state index is 0.217. The molecule has 2 atom stereocenters. The van der Waals surface area contributed by atoms with Crippen molar-refractivity contribution in [3.8, 4) is 0 Å². The fourth-order valence-corrected chi connectivity index (χ4v) is 2.38. The van der Waals surface area contributed by atoms with Gasteiger partial charge in [-0.2, -0.15) is 0 Å². The van der Waals surface area contributed by atoms with Crippen molar-refractivity contribution in [3.05, 3.63) is 16.1 Å². The molecule has 1 N–H and O–H groups in total. The smallest absolute Gasteiger partial charge is 0.0897 e. The number of aromatic nitrogens is 1. The highest BCUT2D eigenvalue weighted by molar-refractivity contribution is 7.09. The molecule has 2 unspecified atom stereocenters. The third-order valence-electron chi connectivity index (χ3n) is 2.57. The molecule has 78 valence electrons. The molecule has 1 saturated heterocycles. The van der Waals surface area contributed by atoms with Gasteiger partial charge in [0.2, 0.25) is 0 Å². The molecule has 2 heterocycles. The Morgan fingerprint density at radius 2 is 2.57 bits per heavy atom. The van der Waals surface area contributed by atoms with Crippen LogP contribution in [-0.4, -0.2) is 29.4 Å². The monoisotopic (exact) mass is 213 g/mol. The lowest BCUT2D eigenvalue weighted by Gasteiger charge is -2.26. The number of ether oxygens (including phenoxy) is 1. The van der Waals surface area contributed by atoms with Gasteiger partial charge < -0.3 is 9.84 Å². The van der Waals surface area contributed by atoms with Crippen LogP contribution in [0.3, 0.4) is 0 Å². The zero-order valence-electron chi connectivity index (χ0n) is 8.27. The summed E-state index contributed by atoms with van der Waals surface area (Å²) in [5.41, 5.74) is 1.09. The van der Waals surface area contributed by atoms with Crippen molar-refractivity contribution in [2.45, 2.75) is 25.9 Å². The molecule has 1 aromatic rings. The van der Waals surface area contributed by atoms with Crippen LogP contribution in [0.15, 0.2) is 5.38 Å². The van der Waals surface area contributed by atoms with E-state index in [9.17, 15) is 5.11 Å². The summed E-state index contributed by atoms with van der Waals surface area (Å²) >= 11 is 1.66. The van der Waals surface area contributed by atoms with Crippen molar-refractivity contribution < 1.29 is 9.84 Å². The van der Waals surface area contributed by atoms with E-state index in [2.05, 4.69) is 10.4 Å². The standard InChI is InChI=1S/C10H15NO2S/c1-7-11-9(6-14-7)4-8-5-13-3-2-10(8)12/h6,8,10,12H,2-5H2,1H3. The normalized spacial score (nSPS) is 27.9. The number of thiazole rings is 1. The van der Waals surface area contributed by atoms with Gasteiger partial charge in [0.05, 0.1) is 23.4 Å². The molecule has 0 aliphatic carbocycles. The first-order chi connectivity index (χ1) is 6.75. The molecule has 3 nitrogen and oxygen atoms in total. The highest BCUT2D eigenvalue weighted by atomic mass is 32.1. The number of hydrogen-bond acceptors (Lipinski definition) is 4. The van der Waals surface area contributed by atoms with Crippen LogP contribution in [0.25, 0.3) is 0 Å². The summed E-state index contributed by atoms with van der Waals surface area (Å²) < 4.78 is 5.35. The van der Waals surface area contributed by atoms with Crippen molar-refractivity contribution in [1.82, 2.24) is 4.98 Å². The Hall–Kier alpha value is -0.450. The van der Waals surface area contributed by atoms with Gasteiger partial charge in [-0.25, -0.2) is 4.98 Å². The van der Waals surface area contributed by atoms with E-state index >= 15 is 0 Å². The van der Waals surface area contributed by atoms with Crippen molar-refractivity contribution in [2.75, 3.05) is 13.2 Å². The van der Waals surface area contributed by atoms with Crippen molar-refractivity contribution in [2.24, 2.45) is 5.92 Å². The lowest BCUT2D eigenvalue weighted by Crippen LogP contribution is -2.33. The van der Waals surface area contributed by atoms with Crippen LogP contribution in [0, 0.1) is 12.8 Å². The Balaban J connectivity index is 1.95. The highest BCUT2D eigenvalue weighted by Crippen LogP contribution is 2.20. The maximum Gasteiger partial charge on any atom is 0.0897 e. The number of nitrogens with zero attached hydrogens (tertiary/aromatic N) is 1. The molecular weight excluding hydrogens is 198 g/mol. The molecule has 0 amide bonds. The van der Waals surface area contributed by atoms with Crippen LogP contribution in [-0.2, 0) is 11.2 Å². The maximum absolute atomic E-state index is 9.73. The summed E-state index contributed by atoms with van der Waals surface area (Å²) in [5.74, 6) is 0.227. The Bertz CT molecular complexity index is 300. The van der Waals surface area contributed by atoms with Gasteiger partial charge >= 0.3 is 0 Å². The number of aryl methyl sites for hydroxylation is 1. The second-order valence-corrected chi connectivity index (χ2v) is 4.82. The van der Waals surface area contributed by atoms with Gasteiger partial charge in [-0.05, 0) is 19.8 Å². The average Bonchev–Trinajstić information content (AvgIpc) is 2.56. The van der Waals surface area contributed by atoms with Crippen LogP contribution in [0.5, 0.6) is 0 Å². The van der Waals surface area contributed by atoms with Crippen LogP contribution in [0.2, 0.25) is 0 Å². The van der Waals surface area contributed by atoms with Crippen LogP contribution >= 0.6 is 11.3 Å². The first-order valence-electron chi connectivity index (χ1n) is 4.92. The van der Waals surface area contributed by atoms with Crippen LogP contribution in [0.1, 0.15) is 17.1 Å². The summed E-state index contributed by atoms with van der Waals surface area (Å²) in [6.45, 7) is 3.35. The van der Waals surface area contributed by atoms with E-state index in [1.165, 1.54) is 0 Å². The van der Waals surface area contributed by atoms with E-state index in [1.807, 2.05) is 6.92 Å². The van der Waals surface area contributed by atoms with Gasteiger partial charge in [-0.3, -0.25) is 0 Å². The average molecular weight is 213 g/mol. The van der Waals surface area contributed by atoms with E-state index in [0.29, 0.717) is 13.2 Å². The molecule has 0 saturated carbocycles. The third-order valence-corrected chi connectivity index (χ3v) is 3.39. The molecule has 1 aliphatic heterocycles. The fourth-order valence-electron chi connectivity index (χ4n) is 1.75. The van der Waals surface area contributed by atoms with Crippen LogP contribution in [0.4, 0.5) is 0 Å². The summed E-state index contributed by atoms with van der Waals surface area (Å²) in [4.78, 5) is 4.39. The summed E-state index contributed by atoms with van der Waals surface area (Å²) in [6.07, 6.45) is 1.38. The van der Waals surface area contributed by atoms with E-state index in [-0.39, 0.29) is 12.0 Å². The van der Waals surface area contributed by atoms with Gasteiger partial charge in [-0.15, -0.1) is 11.3 Å². The lowest BCUT2D eigenvalue weighted by atomic mass is 9.94. The van der Waals surface area contributed by atoms with Gasteiger partial charge in [0, 0.05) is 17.9 Å². The first-order valence-corrected chi connectivity index (χ1v) is 5.80. The third kappa shape index (κ3) is 2.32. The van der Waals surface area contributed by atoms with Crippen LogP contribution < -0.4 is 0 Å². The second-order valence-electron chi connectivity index (χ2n) is 3.75. The summed E-state index contributed by atoms with van der Waals surface area (Å²) in [6, 6.07) is 0. The molecule has 1 aromatic heterocycles. The van der Waals surface area contributed by atoms with E-state index in [1.54, 1.807) is 11.3 Å². The largest absolute Gasteiger partial charge is 0.393 e. The SMILES string of the molecule is Cc1nc(CC2COCCC2O)cs1. The molecule has 0 radical (unpaired) electrons. The van der Waals surface area contributed by atoms with E-state index in [4.69, 9.17) is 4.74 Å². The minimum Gasteiger partial charge on any atom is -0.393 e. The fraction of sp³-hybridized carbons (Fsp3) is 0.700. The maximum atomic E-state index is 9.73. The van der Waals surface area contributed by atoms with E-state index < -0.39 is 0 Å². The molecule has 0 aromatic carbocycles. The molecule has 1 aliphatic rings. The minimum atomic E-state index is -0.217. The predicted molar refractivity (Wildman–Crippen MR) is 55.5 cm³/mol. The molecule has 0 bridgehead atoms.